The average molecular weight is 334 g/mol. The molecule has 7 nitrogen and oxygen atoms in total. The second kappa shape index (κ2) is 9.77. The molecule has 0 atom stereocenters. The lowest BCUT2D eigenvalue weighted by Crippen LogP contribution is -2.36. The van der Waals surface area contributed by atoms with Crippen LogP contribution in [0.1, 0.15) is 25.7 Å². The van der Waals surface area contributed by atoms with E-state index in [2.05, 4.69) is 15.5 Å². The summed E-state index contributed by atoms with van der Waals surface area (Å²) in [5, 5.41) is 5.44. The minimum absolute atomic E-state index is 0.0111. The topological polar surface area (TPSA) is 96.7 Å². The molecule has 1 saturated heterocycles. The summed E-state index contributed by atoms with van der Waals surface area (Å²) in [4.78, 5) is 24.7. The van der Waals surface area contributed by atoms with Crippen LogP contribution in [0.5, 0.6) is 0 Å². The molecule has 1 aliphatic heterocycles. The number of carbonyl (C=O) groups is 2. The number of nitrogens with zero attached hydrogens (tertiary/aromatic N) is 1. The van der Waals surface area contributed by atoms with Gasteiger partial charge in [-0.3, -0.25) is 4.79 Å². The number of hydrogen-bond donors (Lipinski definition) is 3. The van der Waals surface area contributed by atoms with Gasteiger partial charge in [-0.15, -0.1) is 0 Å². The van der Waals surface area contributed by atoms with Gasteiger partial charge < -0.3 is 26.0 Å². The van der Waals surface area contributed by atoms with Crippen molar-refractivity contribution in [1.82, 2.24) is 5.32 Å². The number of nitrogens with two attached hydrogens (primary N) is 1. The fraction of sp³-hybridized carbons (Fsp3) is 0.529. The van der Waals surface area contributed by atoms with Crippen LogP contribution in [0.25, 0.3) is 0 Å². The second-order valence-electron chi connectivity index (χ2n) is 5.80. The van der Waals surface area contributed by atoms with Crippen LogP contribution in [-0.4, -0.2) is 44.8 Å². The van der Waals surface area contributed by atoms with E-state index >= 15 is 0 Å². The van der Waals surface area contributed by atoms with E-state index in [9.17, 15) is 9.59 Å². The summed E-state index contributed by atoms with van der Waals surface area (Å²) in [6.07, 6.45) is 2.97. The first kappa shape index (κ1) is 18.1. The maximum Gasteiger partial charge on any atom is 0.312 e. The van der Waals surface area contributed by atoms with Gasteiger partial charge in [0.25, 0.3) is 0 Å². The molecule has 2 rings (SSSR count). The molecule has 0 bridgehead atoms. The van der Waals surface area contributed by atoms with Gasteiger partial charge in [0, 0.05) is 37.4 Å². The van der Waals surface area contributed by atoms with Crippen molar-refractivity contribution in [2.24, 2.45) is 5.73 Å². The van der Waals surface area contributed by atoms with Gasteiger partial charge in [-0.05, 0) is 37.1 Å². The van der Waals surface area contributed by atoms with Crippen molar-refractivity contribution in [3.63, 3.8) is 0 Å². The maximum atomic E-state index is 11.9. The van der Waals surface area contributed by atoms with Crippen molar-refractivity contribution in [2.75, 3.05) is 43.1 Å². The first-order valence-corrected chi connectivity index (χ1v) is 8.41. The summed E-state index contributed by atoms with van der Waals surface area (Å²) < 4.78 is 5.35. The molecule has 1 heterocycles. The molecule has 24 heavy (non-hydrogen) atoms. The van der Waals surface area contributed by atoms with Crippen molar-refractivity contribution in [1.29, 1.82) is 0 Å². The number of anilines is 2. The van der Waals surface area contributed by atoms with Crippen molar-refractivity contribution >= 4 is 23.3 Å². The Labute approximate surface area is 142 Å². The van der Waals surface area contributed by atoms with Gasteiger partial charge >= 0.3 is 6.03 Å². The Bertz CT molecular complexity index is 527. The number of benzene rings is 1. The number of unbranched alkanes of at least 4 members (excludes halogenated alkanes) is 2. The van der Waals surface area contributed by atoms with E-state index in [1.807, 2.05) is 24.3 Å². The van der Waals surface area contributed by atoms with Crippen LogP contribution >= 0.6 is 0 Å². The second-order valence-corrected chi connectivity index (χ2v) is 5.80. The number of morpholine rings is 1. The minimum atomic E-state index is -0.506. The van der Waals surface area contributed by atoms with Gasteiger partial charge in [0.1, 0.15) is 0 Å². The smallest absolute Gasteiger partial charge is 0.312 e. The molecule has 1 aliphatic rings. The Morgan fingerprint density at radius 3 is 2.46 bits per heavy atom. The number of rotatable bonds is 8. The predicted molar refractivity (Wildman–Crippen MR) is 94.2 cm³/mol. The molecule has 1 aromatic rings. The lowest BCUT2D eigenvalue weighted by atomic mass is 10.2. The summed E-state index contributed by atoms with van der Waals surface area (Å²) in [5.74, 6) is 0.0111. The SMILES string of the molecule is NC(=O)NCCCCCC(=O)Nc1ccc(N2CCOCC2)cc1. The van der Waals surface area contributed by atoms with E-state index in [0.717, 1.165) is 56.9 Å². The molecule has 7 heteroatoms. The van der Waals surface area contributed by atoms with Gasteiger partial charge in [0.15, 0.2) is 0 Å². The molecule has 3 amide bonds. The predicted octanol–water partition coefficient (Wildman–Crippen LogP) is 1.69. The van der Waals surface area contributed by atoms with Crippen molar-refractivity contribution in [3.8, 4) is 0 Å². The molecule has 0 radical (unpaired) electrons. The number of primary amides is 1. The third-order valence-corrected chi connectivity index (χ3v) is 3.91. The molecular weight excluding hydrogens is 308 g/mol. The number of hydrogen-bond acceptors (Lipinski definition) is 4. The molecule has 1 fully saturated rings. The highest BCUT2D eigenvalue weighted by atomic mass is 16.5. The minimum Gasteiger partial charge on any atom is -0.378 e. The van der Waals surface area contributed by atoms with Gasteiger partial charge in [-0.25, -0.2) is 4.79 Å². The lowest BCUT2D eigenvalue weighted by Gasteiger charge is -2.28. The Morgan fingerprint density at radius 2 is 1.79 bits per heavy atom. The maximum absolute atomic E-state index is 11.9. The largest absolute Gasteiger partial charge is 0.378 e. The number of carbonyl (C=O) groups excluding carboxylic acids is 2. The van der Waals surface area contributed by atoms with Crippen LogP contribution in [0, 0.1) is 0 Å². The monoisotopic (exact) mass is 334 g/mol. The van der Waals surface area contributed by atoms with Gasteiger partial charge in [-0.2, -0.15) is 0 Å². The molecule has 0 unspecified atom stereocenters. The summed E-state index contributed by atoms with van der Waals surface area (Å²) in [6.45, 7) is 3.87. The molecular formula is C17H26N4O3. The Balaban J connectivity index is 1.65. The van der Waals surface area contributed by atoms with Crippen LogP contribution in [0.4, 0.5) is 16.2 Å². The van der Waals surface area contributed by atoms with E-state index in [4.69, 9.17) is 10.5 Å². The highest BCUT2D eigenvalue weighted by Crippen LogP contribution is 2.19. The third-order valence-electron chi connectivity index (χ3n) is 3.91. The first-order valence-electron chi connectivity index (χ1n) is 8.41. The standard InChI is InChI=1S/C17H26N4O3/c18-17(23)19-9-3-1-2-4-16(22)20-14-5-7-15(8-6-14)21-10-12-24-13-11-21/h5-8H,1-4,9-13H2,(H,20,22)(H3,18,19,23). The summed E-state index contributed by atoms with van der Waals surface area (Å²) in [6, 6.07) is 7.40. The van der Waals surface area contributed by atoms with Crippen LogP contribution in [0.15, 0.2) is 24.3 Å². The van der Waals surface area contributed by atoms with Crippen LogP contribution in [0.3, 0.4) is 0 Å². The van der Waals surface area contributed by atoms with Gasteiger partial charge in [0.2, 0.25) is 5.91 Å². The number of urea groups is 1. The highest BCUT2D eigenvalue weighted by molar-refractivity contribution is 5.90. The zero-order chi connectivity index (χ0) is 17.2. The Morgan fingerprint density at radius 1 is 1.08 bits per heavy atom. The zero-order valence-electron chi connectivity index (χ0n) is 13.9. The van der Waals surface area contributed by atoms with E-state index in [0.29, 0.717) is 13.0 Å². The Kier molecular flexibility index (Phi) is 7.35. The summed E-state index contributed by atoms with van der Waals surface area (Å²) >= 11 is 0. The third kappa shape index (κ3) is 6.45. The zero-order valence-corrected chi connectivity index (χ0v) is 13.9. The number of ether oxygens (including phenoxy) is 1. The van der Waals surface area contributed by atoms with Crippen LogP contribution in [-0.2, 0) is 9.53 Å². The normalized spacial score (nSPS) is 14.2. The number of amides is 3. The lowest BCUT2D eigenvalue weighted by molar-refractivity contribution is -0.116. The first-order chi connectivity index (χ1) is 11.6. The number of nitrogens with one attached hydrogen (secondary N) is 2. The van der Waals surface area contributed by atoms with Crippen LogP contribution in [0.2, 0.25) is 0 Å². The molecule has 4 N–H and O–H groups in total. The fourth-order valence-electron chi connectivity index (χ4n) is 2.60. The molecule has 0 spiro atoms. The molecule has 0 aromatic heterocycles. The molecule has 132 valence electrons. The molecule has 0 saturated carbocycles. The van der Waals surface area contributed by atoms with Crippen molar-refractivity contribution in [2.45, 2.75) is 25.7 Å². The summed E-state index contributed by atoms with van der Waals surface area (Å²) in [5.41, 5.74) is 6.94. The highest BCUT2D eigenvalue weighted by Gasteiger charge is 2.11. The van der Waals surface area contributed by atoms with E-state index in [1.165, 1.54) is 0 Å². The average Bonchev–Trinajstić information content (AvgIpc) is 2.59. The molecule has 1 aromatic carbocycles. The summed E-state index contributed by atoms with van der Waals surface area (Å²) in [7, 11) is 0. The Hall–Kier alpha value is -2.28. The van der Waals surface area contributed by atoms with Gasteiger partial charge in [0.05, 0.1) is 13.2 Å². The quantitative estimate of drug-likeness (QED) is 0.630. The van der Waals surface area contributed by atoms with Crippen molar-refractivity contribution < 1.29 is 14.3 Å². The van der Waals surface area contributed by atoms with Gasteiger partial charge in [-0.1, -0.05) is 6.42 Å². The molecule has 0 aliphatic carbocycles. The fourth-order valence-corrected chi connectivity index (χ4v) is 2.60. The van der Waals surface area contributed by atoms with E-state index in [1.54, 1.807) is 0 Å². The van der Waals surface area contributed by atoms with Crippen molar-refractivity contribution in [3.05, 3.63) is 24.3 Å². The van der Waals surface area contributed by atoms with E-state index < -0.39 is 6.03 Å². The van der Waals surface area contributed by atoms with E-state index in [-0.39, 0.29) is 5.91 Å². The van der Waals surface area contributed by atoms with Crippen LogP contribution < -0.4 is 21.3 Å².